The van der Waals surface area contributed by atoms with Gasteiger partial charge in [0.15, 0.2) is 6.61 Å². The van der Waals surface area contributed by atoms with Gasteiger partial charge >= 0.3 is 0 Å². The number of benzene rings is 2. The summed E-state index contributed by atoms with van der Waals surface area (Å²) in [6.07, 6.45) is 0. The highest BCUT2D eigenvalue weighted by molar-refractivity contribution is 5.93. The molecule has 2 aromatic carbocycles. The van der Waals surface area contributed by atoms with Crippen molar-refractivity contribution < 1.29 is 9.53 Å². The number of aryl methyl sites for hydroxylation is 1. The summed E-state index contributed by atoms with van der Waals surface area (Å²) in [5.74, 6) is 0.673. The number of likely N-dealkylation sites (N-methyl/N-ethyl adjacent to an activating group) is 1. The number of anilines is 1. The van der Waals surface area contributed by atoms with Crippen molar-refractivity contribution in [3.63, 3.8) is 0 Å². The molecular weight excluding hydrogens is 238 g/mol. The van der Waals surface area contributed by atoms with E-state index in [0.29, 0.717) is 0 Å². The van der Waals surface area contributed by atoms with Crippen molar-refractivity contribution in [3.8, 4) is 5.75 Å². The Labute approximate surface area is 113 Å². The number of rotatable bonds is 4. The van der Waals surface area contributed by atoms with E-state index in [0.717, 1.165) is 17.0 Å². The molecule has 0 bridgehead atoms. The molecule has 0 radical (unpaired) electrons. The van der Waals surface area contributed by atoms with E-state index in [9.17, 15) is 4.79 Å². The van der Waals surface area contributed by atoms with Gasteiger partial charge in [0.1, 0.15) is 5.75 Å². The second kappa shape index (κ2) is 6.05. The predicted octanol–water partition coefficient (Wildman–Crippen LogP) is 3.04. The van der Waals surface area contributed by atoms with Gasteiger partial charge in [-0.2, -0.15) is 0 Å². The smallest absolute Gasteiger partial charge is 0.264 e. The van der Waals surface area contributed by atoms with Crippen LogP contribution in [0.5, 0.6) is 5.75 Å². The first-order valence-electron chi connectivity index (χ1n) is 6.18. The van der Waals surface area contributed by atoms with E-state index in [4.69, 9.17) is 4.74 Å². The minimum atomic E-state index is -0.0746. The minimum Gasteiger partial charge on any atom is -0.483 e. The molecule has 0 heterocycles. The fourth-order valence-electron chi connectivity index (χ4n) is 1.75. The number of hydrogen-bond acceptors (Lipinski definition) is 2. The van der Waals surface area contributed by atoms with E-state index in [1.165, 1.54) is 0 Å². The quantitative estimate of drug-likeness (QED) is 0.840. The molecule has 0 aliphatic rings. The molecule has 0 aliphatic heterocycles. The van der Waals surface area contributed by atoms with Crippen LogP contribution in [0.1, 0.15) is 5.56 Å². The molecule has 3 nitrogen and oxygen atoms in total. The molecule has 0 spiro atoms. The number of carbonyl (C=O) groups is 1. The molecular formula is C16H17NO2. The molecule has 1 amide bonds. The normalized spacial score (nSPS) is 10.0. The molecule has 98 valence electrons. The number of amides is 1. The van der Waals surface area contributed by atoms with Gasteiger partial charge in [-0.1, -0.05) is 36.4 Å². The first-order chi connectivity index (χ1) is 9.18. The van der Waals surface area contributed by atoms with Crippen molar-refractivity contribution in [1.82, 2.24) is 0 Å². The van der Waals surface area contributed by atoms with Gasteiger partial charge in [-0.15, -0.1) is 0 Å². The van der Waals surface area contributed by atoms with E-state index in [2.05, 4.69) is 0 Å². The molecule has 0 aliphatic carbocycles. The van der Waals surface area contributed by atoms with Crippen LogP contribution < -0.4 is 9.64 Å². The summed E-state index contributed by atoms with van der Waals surface area (Å²) < 4.78 is 5.55. The zero-order valence-corrected chi connectivity index (χ0v) is 11.2. The Morgan fingerprint density at radius 1 is 1.05 bits per heavy atom. The highest BCUT2D eigenvalue weighted by Crippen LogP contribution is 2.17. The lowest BCUT2D eigenvalue weighted by molar-refractivity contribution is -0.120. The molecule has 2 rings (SSSR count). The van der Waals surface area contributed by atoms with Crippen LogP contribution in [0, 0.1) is 6.92 Å². The third kappa shape index (κ3) is 3.35. The SMILES string of the molecule is Cc1ccccc1OCC(=O)N(C)c1ccccc1. The summed E-state index contributed by atoms with van der Waals surface area (Å²) in [5.41, 5.74) is 1.89. The topological polar surface area (TPSA) is 29.5 Å². The first kappa shape index (κ1) is 13.1. The third-order valence-corrected chi connectivity index (χ3v) is 2.96. The molecule has 0 saturated heterocycles. The summed E-state index contributed by atoms with van der Waals surface area (Å²) in [6.45, 7) is 2.00. The van der Waals surface area contributed by atoms with E-state index in [1.54, 1.807) is 11.9 Å². The fourth-order valence-corrected chi connectivity index (χ4v) is 1.75. The number of para-hydroxylation sites is 2. The lowest BCUT2D eigenvalue weighted by Gasteiger charge is -2.17. The zero-order valence-electron chi connectivity index (χ0n) is 11.2. The summed E-state index contributed by atoms with van der Waals surface area (Å²) in [4.78, 5) is 13.6. The zero-order chi connectivity index (χ0) is 13.7. The maximum Gasteiger partial charge on any atom is 0.264 e. The van der Waals surface area contributed by atoms with E-state index in [-0.39, 0.29) is 12.5 Å². The number of nitrogens with zero attached hydrogens (tertiary/aromatic N) is 1. The minimum absolute atomic E-state index is 0.0379. The highest BCUT2D eigenvalue weighted by atomic mass is 16.5. The Balaban J connectivity index is 1.97. The number of ether oxygens (including phenoxy) is 1. The Bertz CT molecular complexity index is 552. The van der Waals surface area contributed by atoms with Crippen molar-refractivity contribution in [1.29, 1.82) is 0 Å². The van der Waals surface area contributed by atoms with Gasteiger partial charge in [0.05, 0.1) is 0 Å². The Kier molecular flexibility index (Phi) is 4.18. The van der Waals surface area contributed by atoms with Crippen LogP contribution in [0.15, 0.2) is 54.6 Å². The first-order valence-corrected chi connectivity index (χ1v) is 6.18. The van der Waals surface area contributed by atoms with Gasteiger partial charge in [0, 0.05) is 12.7 Å². The lowest BCUT2D eigenvalue weighted by Crippen LogP contribution is -2.31. The van der Waals surface area contributed by atoms with Gasteiger partial charge in [-0.25, -0.2) is 0 Å². The van der Waals surface area contributed by atoms with Crippen LogP contribution in [-0.4, -0.2) is 19.6 Å². The van der Waals surface area contributed by atoms with Crippen molar-refractivity contribution >= 4 is 11.6 Å². The van der Waals surface area contributed by atoms with Crippen molar-refractivity contribution in [2.45, 2.75) is 6.92 Å². The van der Waals surface area contributed by atoms with Crippen LogP contribution in [-0.2, 0) is 4.79 Å². The maximum absolute atomic E-state index is 12.0. The molecule has 0 atom stereocenters. The fraction of sp³-hybridized carbons (Fsp3) is 0.188. The molecule has 2 aromatic rings. The second-order valence-electron chi connectivity index (χ2n) is 4.34. The number of hydrogen-bond donors (Lipinski definition) is 0. The largest absolute Gasteiger partial charge is 0.483 e. The van der Waals surface area contributed by atoms with Crippen molar-refractivity contribution in [3.05, 3.63) is 60.2 Å². The lowest BCUT2D eigenvalue weighted by atomic mass is 10.2. The van der Waals surface area contributed by atoms with Crippen LogP contribution >= 0.6 is 0 Å². The molecule has 19 heavy (non-hydrogen) atoms. The van der Waals surface area contributed by atoms with Gasteiger partial charge in [-0.05, 0) is 30.7 Å². The van der Waals surface area contributed by atoms with Crippen LogP contribution in [0.3, 0.4) is 0 Å². The average Bonchev–Trinajstić information content (AvgIpc) is 2.46. The molecule has 0 saturated carbocycles. The average molecular weight is 255 g/mol. The summed E-state index contributed by atoms with van der Waals surface area (Å²) in [5, 5.41) is 0. The van der Waals surface area contributed by atoms with Crippen molar-refractivity contribution in [2.75, 3.05) is 18.6 Å². The van der Waals surface area contributed by atoms with E-state index >= 15 is 0 Å². The van der Waals surface area contributed by atoms with Crippen LogP contribution in [0.4, 0.5) is 5.69 Å². The molecule has 0 aromatic heterocycles. The molecule has 0 N–H and O–H groups in total. The van der Waals surface area contributed by atoms with Gasteiger partial charge in [0.2, 0.25) is 0 Å². The molecule has 0 fully saturated rings. The standard InChI is InChI=1S/C16H17NO2/c1-13-8-6-7-11-15(13)19-12-16(18)17(2)14-9-4-3-5-10-14/h3-11H,12H2,1-2H3. The Hall–Kier alpha value is -2.29. The second-order valence-corrected chi connectivity index (χ2v) is 4.34. The monoisotopic (exact) mass is 255 g/mol. The van der Waals surface area contributed by atoms with Crippen molar-refractivity contribution in [2.24, 2.45) is 0 Å². The van der Waals surface area contributed by atoms with Gasteiger partial charge in [0.25, 0.3) is 5.91 Å². The summed E-state index contributed by atoms with van der Waals surface area (Å²) in [6, 6.07) is 17.2. The summed E-state index contributed by atoms with van der Waals surface area (Å²) in [7, 11) is 1.75. The van der Waals surface area contributed by atoms with E-state index < -0.39 is 0 Å². The molecule has 3 heteroatoms. The maximum atomic E-state index is 12.0. The van der Waals surface area contributed by atoms with Gasteiger partial charge in [-0.3, -0.25) is 4.79 Å². The highest BCUT2D eigenvalue weighted by Gasteiger charge is 2.11. The molecule has 0 unspecified atom stereocenters. The van der Waals surface area contributed by atoms with Gasteiger partial charge < -0.3 is 9.64 Å². The Morgan fingerprint density at radius 2 is 1.68 bits per heavy atom. The third-order valence-electron chi connectivity index (χ3n) is 2.96. The summed E-state index contributed by atoms with van der Waals surface area (Å²) >= 11 is 0. The predicted molar refractivity (Wildman–Crippen MR) is 76.5 cm³/mol. The number of carbonyl (C=O) groups excluding carboxylic acids is 1. The van der Waals surface area contributed by atoms with E-state index in [1.807, 2.05) is 61.5 Å². The Morgan fingerprint density at radius 3 is 2.37 bits per heavy atom. The van der Waals surface area contributed by atoms with Crippen LogP contribution in [0.25, 0.3) is 0 Å². The van der Waals surface area contributed by atoms with Crippen LogP contribution in [0.2, 0.25) is 0 Å².